The quantitative estimate of drug-likeness (QED) is 0.478. The number of hydrogen-bond acceptors (Lipinski definition) is 6. The van der Waals surface area contributed by atoms with E-state index in [0.717, 1.165) is 16.4 Å². The van der Waals surface area contributed by atoms with Crippen molar-refractivity contribution in [3.8, 4) is 5.75 Å². The van der Waals surface area contributed by atoms with E-state index in [1.165, 1.54) is 36.4 Å². The average Bonchev–Trinajstić information content (AvgIpc) is 3.11. The number of aromatic hydroxyl groups is 1. The van der Waals surface area contributed by atoms with Crippen molar-refractivity contribution in [3.05, 3.63) is 59.9 Å². The van der Waals surface area contributed by atoms with Gasteiger partial charge in [-0.25, -0.2) is 17.6 Å². The lowest BCUT2D eigenvalue weighted by Gasteiger charge is -2.24. The number of β-amino-alcohol motifs (C(OH)–C–C–N with tert-alkyl or cyclic N) is 1. The number of halogens is 1. The van der Waals surface area contributed by atoms with Crippen LogP contribution in [0.4, 0.5) is 4.39 Å². The number of nitrogens with one attached hydrogen (secondary N) is 1. The molecule has 0 aromatic heterocycles. The van der Waals surface area contributed by atoms with E-state index in [4.69, 9.17) is 0 Å². The van der Waals surface area contributed by atoms with Crippen molar-refractivity contribution in [2.75, 3.05) is 6.54 Å². The third-order valence-electron chi connectivity index (χ3n) is 4.93. The molecule has 1 aliphatic heterocycles. The summed E-state index contributed by atoms with van der Waals surface area (Å²) < 4.78 is 40.1. The van der Waals surface area contributed by atoms with Gasteiger partial charge in [-0.3, -0.25) is 4.79 Å². The predicted molar refractivity (Wildman–Crippen MR) is 106 cm³/mol. The molecule has 1 fully saturated rings. The number of carboxylic acid groups (broad SMARTS) is 1. The maximum Gasteiger partial charge on any atom is 0.326 e. The highest BCUT2D eigenvalue weighted by Gasteiger charge is 2.44. The average molecular weight is 452 g/mol. The molecule has 2 aromatic rings. The van der Waals surface area contributed by atoms with E-state index in [-0.39, 0.29) is 30.0 Å². The maximum absolute atomic E-state index is 13.5. The Labute approximate surface area is 177 Å². The van der Waals surface area contributed by atoms with E-state index in [1.807, 2.05) is 0 Å². The highest BCUT2D eigenvalue weighted by atomic mass is 32.2. The number of phenolic OH excluding ortho intramolecular Hbond substituents is 1. The van der Waals surface area contributed by atoms with Gasteiger partial charge in [-0.05, 0) is 35.9 Å². The van der Waals surface area contributed by atoms with Gasteiger partial charge in [0.15, 0.2) is 0 Å². The molecule has 0 aliphatic carbocycles. The number of benzene rings is 2. The first-order valence-corrected chi connectivity index (χ1v) is 10.8. The first kappa shape index (κ1) is 22.7. The summed E-state index contributed by atoms with van der Waals surface area (Å²) in [4.78, 5) is 24.1. The Bertz CT molecular complexity index is 1080. The standard InChI is InChI=1S/C20H21FN2O7S/c21-13-2-1-3-16(9-13)31(29,30)23-11-15(25)10-18(23)19(26)22-17(20(27)28)8-12-4-6-14(24)7-5-12/h1-7,9,15,17-18,24-25H,8,10-11H2,(H,22,26)(H,27,28)/t15-,17?,18?/m1/s1. The minimum absolute atomic E-state index is 0.00204. The van der Waals surface area contributed by atoms with Crippen molar-refractivity contribution >= 4 is 21.9 Å². The molecule has 0 radical (unpaired) electrons. The minimum Gasteiger partial charge on any atom is -0.508 e. The number of carbonyl (C=O) groups is 2. The van der Waals surface area contributed by atoms with Crippen LogP contribution >= 0.6 is 0 Å². The Hall–Kier alpha value is -3.02. The fraction of sp³-hybridized carbons (Fsp3) is 0.300. The van der Waals surface area contributed by atoms with Gasteiger partial charge in [0.2, 0.25) is 15.9 Å². The smallest absolute Gasteiger partial charge is 0.326 e. The minimum atomic E-state index is -4.31. The van der Waals surface area contributed by atoms with Gasteiger partial charge in [-0.1, -0.05) is 18.2 Å². The number of amides is 1. The zero-order valence-electron chi connectivity index (χ0n) is 16.2. The summed E-state index contributed by atoms with van der Waals surface area (Å²) in [6, 6.07) is 7.27. The van der Waals surface area contributed by atoms with Crippen LogP contribution in [-0.2, 0) is 26.0 Å². The SMILES string of the molecule is O=C(O)C(Cc1ccc(O)cc1)NC(=O)C1C[C@@H](O)CN1S(=O)(=O)c1cccc(F)c1. The van der Waals surface area contributed by atoms with Crippen molar-refractivity contribution in [1.82, 2.24) is 9.62 Å². The molecule has 0 spiro atoms. The van der Waals surface area contributed by atoms with Crippen LogP contribution in [0.1, 0.15) is 12.0 Å². The van der Waals surface area contributed by atoms with Gasteiger partial charge in [0.1, 0.15) is 23.7 Å². The summed E-state index contributed by atoms with van der Waals surface area (Å²) in [5.41, 5.74) is 0.529. The van der Waals surface area contributed by atoms with Crippen LogP contribution < -0.4 is 5.32 Å². The zero-order valence-corrected chi connectivity index (χ0v) is 17.0. The maximum atomic E-state index is 13.5. The number of carboxylic acids is 1. The summed E-state index contributed by atoms with van der Waals surface area (Å²) >= 11 is 0. The van der Waals surface area contributed by atoms with Crippen LogP contribution in [-0.4, -0.2) is 64.7 Å². The molecule has 2 unspecified atom stereocenters. The Balaban J connectivity index is 1.81. The van der Waals surface area contributed by atoms with Crippen LogP contribution in [0, 0.1) is 5.82 Å². The highest BCUT2D eigenvalue weighted by molar-refractivity contribution is 7.89. The zero-order chi connectivity index (χ0) is 22.8. The van der Waals surface area contributed by atoms with Crippen molar-refractivity contribution in [1.29, 1.82) is 0 Å². The molecule has 4 N–H and O–H groups in total. The lowest BCUT2D eigenvalue weighted by molar-refractivity contribution is -0.142. The molecule has 1 saturated heterocycles. The molecular weight excluding hydrogens is 431 g/mol. The molecule has 3 rings (SSSR count). The van der Waals surface area contributed by atoms with Crippen LogP contribution in [0.15, 0.2) is 53.4 Å². The van der Waals surface area contributed by atoms with Crippen LogP contribution in [0.25, 0.3) is 0 Å². The van der Waals surface area contributed by atoms with Crippen molar-refractivity contribution in [2.24, 2.45) is 0 Å². The first-order valence-electron chi connectivity index (χ1n) is 9.34. The van der Waals surface area contributed by atoms with Gasteiger partial charge >= 0.3 is 5.97 Å². The van der Waals surface area contributed by atoms with Crippen LogP contribution in [0.5, 0.6) is 5.75 Å². The summed E-state index contributed by atoms with van der Waals surface area (Å²) in [6.45, 7) is -0.382. The second-order valence-electron chi connectivity index (χ2n) is 7.21. The molecule has 3 atom stereocenters. The van der Waals surface area contributed by atoms with E-state index in [0.29, 0.717) is 5.56 Å². The van der Waals surface area contributed by atoms with Gasteiger partial charge in [0.05, 0.1) is 11.0 Å². The number of aliphatic carboxylic acids is 1. The fourth-order valence-corrected chi connectivity index (χ4v) is 5.05. The van der Waals surface area contributed by atoms with Crippen LogP contribution in [0.2, 0.25) is 0 Å². The van der Waals surface area contributed by atoms with E-state index in [9.17, 15) is 37.7 Å². The number of sulfonamides is 1. The molecule has 0 saturated carbocycles. The van der Waals surface area contributed by atoms with E-state index in [2.05, 4.69) is 5.32 Å². The number of aliphatic hydroxyl groups excluding tert-OH is 1. The normalized spacial score (nSPS) is 20.3. The molecule has 166 valence electrons. The fourth-order valence-electron chi connectivity index (χ4n) is 3.39. The highest BCUT2D eigenvalue weighted by Crippen LogP contribution is 2.27. The number of hydrogen-bond donors (Lipinski definition) is 4. The predicted octanol–water partition coefficient (Wildman–Crippen LogP) is 0.467. The van der Waals surface area contributed by atoms with Gasteiger partial charge in [-0.2, -0.15) is 4.31 Å². The summed E-state index contributed by atoms with van der Waals surface area (Å²) in [5, 5.41) is 31.1. The lowest BCUT2D eigenvalue weighted by atomic mass is 10.0. The second-order valence-corrected chi connectivity index (χ2v) is 9.10. The van der Waals surface area contributed by atoms with Gasteiger partial charge in [0, 0.05) is 19.4 Å². The molecule has 31 heavy (non-hydrogen) atoms. The van der Waals surface area contributed by atoms with Crippen molar-refractivity contribution in [3.63, 3.8) is 0 Å². The van der Waals surface area contributed by atoms with Crippen LogP contribution in [0.3, 0.4) is 0 Å². The molecular formula is C20H21FN2O7S. The number of rotatable bonds is 7. The van der Waals surface area contributed by atoms with E-state index in [1.54, 1.807) is 0 Å². The molecule has 1 heterocycles. The second kappa shape index (κ2) is 9.00. The Morgan fingerprint density at radius 3 is 2.48 bits per heavy atom. The number of nitrogens with zero attached hydrogens (tertiary/aromatic N) is 1. The first-order chi connectivity index (χ1) is 14.6. The van der Waals surface area contributed by atoms with Gasteiger partial charge in [-0.15, -0.1) is 0 Å². The summed E-state index contributed by atoms with van der Waals surface area (Å²) in [5.74, 6) is -3.00. The summed E-state index contributed by atoms with van der Waals surface area (Å²) in [7, 11) is -4.31. The number of carbonyl (C=O) groups excluding carboxylic acids is 1. The summed E-state index contributed by atoms with van der Waals surface area (Å²) in [6.07, 6.45) is -1.47. The molecule has 1 amide bonds. The monoisotopic (exact) mass is 452 g/mol. The largest absolute Gasteiger partial charge is 0.508 e. The number of phenols is 1. The van der Waals surface area contributed by atoms with Gasteiger partial charge < -0.3 is 20.6 Å². The third-order valence-corrected chi connectivity index (χ3v) is 6.80. The van der Waals surface area contributed by atoms with Crippen molar-refractivity contribution < 1.29 is 37.7 Å². The topological polar surface area (TPSA) is 144 Å². The molecule has 0 bridgehead atoms. The Morgan fingerprint density at radius 2 is 1.87 bits per heavy atom. The number of aliphatic hydroxyl groups is 1. The Morgan fingerprint density at radius 1 is 1.19 bits per heavy atom. The van der Waals surface area contributed by atoms with E-state index >= 15 is 0 Å². The molecule has 2 aromatic carbocycles. The molecule has 11 heteroatoms. The van der Waals surface area contributed by atoms with Gasteiger partial charge in [0.25, 0.3) is 0 Å². The van der Waals surface area contributed by atoms with Crippen molar-refractivity contribution in [2.45, 2.75) is 35.9 Å². The van der Waals surface area contributed by atoms with E-state index < -0.39 is 45.9 Å². The lowest BCUT2D eigenvalue weighted by Crippen LogP contribution is -2.51. The molecule has 9 nitrogen and oxygen atoms in total. The Kier molecular flexibility index (Phi) is 6.58. The third kappa shape index (κ3) is 5.19. The molecule has 1 aliphatic rings.